The SMILES string of the molecule is [2H]C([2H])([2H])N(CCc1c[nH]c2ccc(OC)cc12)C([2H])([2H])[2H]. The summed E-state index contributed by atoms with van der Waals surface area (Å²) in [5, 5.41) is 0.899. The van der Waals surface area contributed by atoms with E-state index in [9.17, 15) is 0 Å². The van der Waals surface area contributed by atoms with E-state index in [1.54, 1.807) is 13.3 Å². The molecule has 0 spiro atoms. The van der Waals surface area contributed by atoms with Crippen LogP contribution in [-0.4, -0.2) is 37.5 Å². The number of aromatic amines is 1. The number of benzene rings is 1. The van der Waals surface area contributed by atoms with E-state index in [1.165, 1.54) is 0 Å². The molecule has 2 rings (SSSR count). The zero-order valence-electron chi connectivity index (χ0n) is 15.1. The van der Waals surface area contributed by atoms with Crippen LogP contribution in [0.25, 0.3) is 10.9 Å². The molecule has 1 N–H and O–H groups in total. The monoisotopic (exact) mass is 224 g/mol. The number of fused-ring (bicyclic) bond motifs is 1. The van der Waals surface area contributed by atoms with Crippen molar-refractivity contribution >= 4 is 10.9 Å². The van der Waals surface area contributed by atoms with Gasteiger partial charge in [0, 0.05) is 31.9 Å². The summed E-state index contributed by atoms with van der Waals surface area (Å²) in [6.07, 6.45) is 2.07. The van der Waals surface area contributed by atoms with Crippen molar-refractivity contribution in [1.82, 2.24) is 9.88 Å². The first-order valence-electron chi connectivity index (χ1n) is 8.04. The van der Waals surface area contributed by atoms with Gasteiger partial charge in [-0.25, -0.2) is 0 Å². The second-order valence-corrected chi connectivity index (χ2v) is 3.63. The molecule has 0 amide bonds. The van der Waals surface area contributed by atoms with E-state index in [1.807, 2.05) is 18.2 Å². The summed E-state index contributed by atoms with van der Waals surface area (Å²) in [5.41, 5.74) is 1.75. The van der Waals surface area contributed by atoms with Crippen molar-refractivity contribution in [2.75, 3.05) is 27.6 Å². The number of nitrogens with zero attached hydrogens (tertiary/aromatic N) is 1. The van der Waals surface area contributed by atoms with Gasteiger partial charge in [0.05, 0.1) is 7.11 Å². The molecule has 2 aromatic rings. The Morgan fingerprint density at radius 3 is 3.06 bits per heavy atom. The van der Waals surface area contributed by atoms with E-state index in [0.29, 0.717) is 17.1 Å². The molecule has 16 heavy (non-hydrogen) atoms. The van der Waals surface area contributed by atoms with Crippen molar-refractivity contribution in [3.8, 4) is 5.75 Å². The van der Waals surface area contributed by atoms with Crippen LogP contribution >= 0.6 is 0 Å². The summed E-state index contributed by atoms with van der Waals surface area (Å²) in [4.78, 5) is 3.65. The Labute approximate surface area is 104 Å². The zero-order chi connectivity index (χ0) is 16.5. The van der Waals surface area contributed by atoms with Crippen LogP contribution in [0.2, 0.25) is 0 Å². The van der Waals surface area contributed by atoms with E-state index >= 15 is 0 Å². The highest BCUT2D eigenvalue weighted by molar-refractivity contribution is 5.84. The van der Waals surface area contributed by atoms with Crippen molar-refractivity contribution in [3.63, 3.8) is 0 Å². The number of hydrogen-bond donors (Lipinski definition) is 1. The summed E-state index contributed by atoms with van der Waals surface area (Å²) in [5.74, 6) is 0.692. The lowest BCUT2D eigenvalue weighted by molar-refractivity contribution is 0.413. The molecule has 3 heteroatoms. The lowest BCUT2D eigenvalue weighted by Gasteiger charge is -2.08. The number of rotatable bonds is 4. The number of aromatic nitrogens is 1. The van der Waals surface area contributed by atoms with Gasteiger partial charge in [-0.2, -0.15) is 0 Å². The number of likely N-dealkylation sites (N-methyl/N-ethyl adjacent to an activating group) is 1. The average molecular weight is 224 g/mol. The van der Waals surface area contributed by atoms with Gasteiger partial charge in [-0.15, -0.1) is 0 Å². The van der Waals surface area contributed by atoms with E-state index < -0.39 is 14.0 Å². The molecule has 0 aliphatic heterocycles. The fraction of sp³-hybridized carbons (Fsp3) is 0.385. The quantitative estimate of drug-likeness (QED) is 0.863. The maximum atomic E-state index is 7.37. The first kappa shape index (κ1) is 5.73. The largest absolute Gasteiger partial charge is 0.497 e. The van der Waals surface area contributed by atoms with Crippen LogP contribution in [0.15, 0.2) is 24.4 Å². The lowest BCUT2D eigenvalue weighted by Crippen LogP contribution is -2.14. The standard InChI is InChI=1S/C13H18N2O/c1-15(2)7-6-10-9-14-13-5-4-11(16-3)8-12(10)13/h4-5,8-9,14H,6-7H2,1-3H3/i1D3,2D3. The molecule has 1 aromatic carbocycles. The van der Waals surface area contributed by atoms with Gasteiger partial charge in [0.15, 0.2) is 0 Å². The van der Waals surface area contributed by atoms with E-state index in [2.05, 4.69) is 4.98 Å². The van der Waals surface area contributed by atoms with Gasteiger partial charge in [0.25, 0.3) is 0 Å². The summed E-state index contributed by atoms with van der Waals surface area (Å²) in [6, 6.07) is 5.53. The number of methoxy groups -OCH3 is 1. The fourth-order valence-electron chi connectivity index (χ4n) is 1.72. The summed E-state index contributed by atoms with van der Waals surface area (Å²) in [6.45, 7) is -5.40. The van der Waals surface area contributed by atoms with Gasteiger partial charge >= 0.3 is 0 Å². The van der Waals surface area contributed by atoms with Gasteiger partial charge in [-0.1, -0.05) is 0 Å². The number of nitrogens with one attached hydrogen (secondary N) is 1. The summed E-state index contributed by atoms with van der Waals surface area (Å²) < 4.78 is 49.4. The first-order chi connectivity index (χ1) is 10.1. The Morgan fingerprint density at radius 1 is 1.44 bits per heavy atom. The molecule has 0 bridgehead atoms. The van der Waals surface area contributed by atoms with Crippen molar-refractivity contribution in [1.29, 1.82) is 0 Å². The molecule has 3 nitrogen and oxygen atoms in total. The second-order valence-electron chi connectivity index (χ2n) is 3.63. The van der Waals surface area contributed by atoms with Crippen LogP contribution in [0.4, 0.5) is 0 Å². The van der Waals surface area contributed by atoms with Crippen molar-refractivity contribution in [2.45, 2.75) is 6.42 Å². The minimum Gasteiger partial charge on any atom is -0.497 e. The molecular formula is C13H18N2O. The zero-order valence-corrected chi connectivity index (χ0v) is 9.08. The van der Waals surface area contributed by atoms with E-state index in [4.69, 9.17) is 13.0 Å². The van der Waals surface area contributed by atoms with Crippen LogP contribution in [0.1, 0.15) is 13.8 Å². The van der Waals surface area contributed by atoms with Crippen LogP contribution in [0.3, 0.4) is 0 Å². The topological polar surface area (TPSA) is 28.3 Å². The third kappa shape index (κ3) is 2.19. The van der Waals surface area contributed by atoms with Gasteiger partial charge in [-0.3, -0.25) is 0 Å². The molecule has 0 aliphatic rings. The highest BCUT2D eigenvalue weighted by Gasteiger charge is 2.05. The Balaban J connectivity index is 2.23. The first-order valence-corrected chi connectivity index (χ1v) is 5.04. The Bertz CT molecular complexity index is 632. The molecule has 0 fully saturated rings. The van der Waals surface area contributed by atoms with E-state index in [-0.39, 0.29) is 6.54 Å². The third-order valence-corrected chi connectivity index (χ3v) is 2.58. The molecule has 1 heterocycles. The van der Waals surface area contributed by atoms with Gasteiger partial charge < -0.3 is 14.6 Å². The van der Waals surface area contributed by atoms with Crippen LogP contribution in [-0.2, 0) is 6.42 Å². The molecule has 0 unspecified atom stereocenters. The Hall–Kier alpha value is -1.48. The number of hydrogen-bond acceptors (Lipinski definition) is 2. The summed E-state index contributed by atoms with van der Waals surface area (Å²) >= 11 is 0. The molecule has 0 aliphatic carbocycles. The van der Waals surface area contributed by atoms with Crippen molar-refractivity contribution in [3.05, 3.63) is 30.0 Å². The van der Waals surface area contributed by atoms with Gasteiger partial charge in [0.2, 0.25) is 0 Å². The highest BCUT2D eigenvalue weighted by Crippen LogP contribution is 2.23. The maximum Gasteiger partial charge on any atom is 0.119 e. The molecule has 1 aromatic heterocycles. The van der Waals surface area contributed by atoms with Crippen LogP contribution < -0.4 is 4.74 Å². The van der Waals surface area contributed by atoms with Crippen LogP contribution in [0, 0.1) is 0 Å². The maximum absolute atomic E-state index is 7.37. The lowest BCUT2D eigenvalue weighted by atomic mass is 10.1. The third-order valence-electron chi connectivity index (χ3n) is 2.58. The van der Waals surface area contributed by atoms with Crippen molar-refractivity contribution in [2.24, 2.45) is 0 Å². The molecule has 0 saturated heterocycles. The average Bonchev–Trinajstić information content (AvgIpc) is 2.78. The van der Waals surface area contributed by atoms with Gasteiger partial charge in [0.1, 0.15) is 5.75 Å². The minimum atomic E-state index is -2.66. The van der Waals surface area contributed by atoms with E-state index in [0.717, 1.165) is 16.5 Å². The molecule has 86 valence electrons. The Morgan fingerprint density at radius 2 is 2.31 bits per heavy atom. The van der Waals surface area contributed by atoms with Crippen molar-refractivity contribution < 1.29 is 13.0 Å². The number of H-pyrrole nitrogens is 1. The molecule has 0 saturated carbocycles. The molecule has 0 radical (unpaired) electrons. The Kier molecular flexibility index (Phi) is 1.64. The summed E-state index contributed by atoms with van der Waals surface area (Å²) in [7, 11) is 1.57. The highest BCUT2D eigenvalue weighted by atomic mass is 16.5. The molecule has 0 atom stereocenters. The molecular weight excluding hydrogens is 200 g/mol. The van der Waals surface area contributed by atoms with Crippen LogP contribution in [0.5, 0.6) is 5.75 Å². The smallest absolute Gasteiger partial charge is 0.119 e. The predicted molar refractivity (Wildman–Crippen MR) is 67.1 cm³/mol. The fourth-order valence-corrected chi connectivity index (χ4v) is 1.72. The number of ether oxygens (including phenoxy) is 1. The minimum absolute atomic E-state index is 0.0861. The second kappa shape index (κ2) is 4.58. The predicted octanol–water partition coefficient (Wildman–Crippen LogP) is 2.28. The normalized spacial score (nSPS) is 18.4. The van der Waals surface area contributed by atoms with Gasteiger partial charge in [-0.05, 0) is 44.1 Å².